The smallest absolute Gasteiger partial charge is 0.496 e. The molecule has 2 atom stereocenters. The Bertz CT molecular complexity index is 1290. The van der Waals surface area contributed by atoms with Crippen LogP contribution in [0.3, 0.4) is 0 Å². The molecule has 37 heavy (non-hydrogen) atoms. The highest BCUT2D eigenvalue weighted by Gasteiger charge is 2.38. The first kappa shape index (κ1) is 26.5. The Labute approximate surface area is 210 Å². The number of nitrogens with zero attached hydrogens (tertiary/aromatic N) is 3. The van der Waals surface area contributed by atoms with Gasteiger partial charge in [-0.25, -0.2) is 14.2 Å². The van der Waals surface area contributed by atoms with Crippen molar-refractivity contribution in [3.8, 4) is 22.8 Å². The molecule has 3 heterocycles. The quantitative estimate of drug-likeness (QED) is 0.395. The Morgan fingerprint density at radius 1 is 1.14 bits per heavy atom. The van der Waals surface area contributed by atoms with Crippen LogP contribution in [-0.4, -0.2) is 73.6 Å². The topological polar surface area (TPSA) is 75.0 Å². The van der Waals surface area contributed by atoms with Crippen LogP contribution in [0.2, 0.25) is 0 Å². The number of amides is 1. The second-order valence-electron chi connectivity index (χ2n) is 8.69. The molecule has 12 heteroatoms. The molecule has 1 aromatic carbocycles. The monoisotopic (exact) mass is 525 g/mol. The highest BCUT2D eigenvalue weighted by Crippen LogP contribution is 2.38. The molecule has 1 amide bonds. The summed E-state index contributed by atoms with van der Waals surface area (Å²) in [6.07, 6.45) is -3.87. The molecule has 0 N–H and O–H groups in total. The van der Waals surface area contributed by atoms with Gasteiger partial charge in [-0.3, -0.25) is 0 Å². The van der Waals surface area contributed by atoms with Gasteiger partial charge >= 0.3 is 12.5 Å². The molecule has 1 saturated heterocycles. The fraction of sp³-hybridized carbons (Fsp3) is 0.440. The van der Waals surface area contributed by atoms with E-state index in [1.54, 1.807) is 0 Å². The summed E-state index contributed by atoms with van der Waals surface area (Å²) in [6, 6.07) is 5.46. The molecule has 0 spiro atoms. The van der Waals surface area contributed by atoms with E-state index < -0.39 is 31.0 Å². The predicted molar refractivity (Wildman–Crippen MR) is 127 cm³/mol. The van der Waals surface area contributed by atoms with Gasteiger partial charge in [0.15, 0.2) is 0 Å². The van der Waals surface area contributed by atoms with Crippen LogP contribution in [0.25, 0.3) is 22.3 Å². The van der Waals surface area contributed by atoms with Gasteiger partial charge in [-0.05, 0) is 43.2 Å². The highest BCUT2D eigenvalue weighted by molar-refractivity contribution is 5.85. The zero-order valence-electron chi connectivity index (χ0n) is 20.8. The van der Waals surface area contributed by atoms with E-state index in [0.717, 1.165) is 16.6 Å². The molecule has 1 fully saturated rings. The normalized spacial score (nSPS) is 17.9. The Hall–Kier alpha value is -3.54. The van der Waals surface area contributed by atoms with Crippen molar-refractivity contribution in [3.63, 3.8) is 0 Å². The number of aryl methyl sites for hydroxylation is 2. The van der Waals surface area contributed by atoms with Crippen molar-refractivity contribution in [1.29, 1.82) is 0 Å². The van der Waals surface area contributed by atoms with E-state index in [9.17, 15) is 22.4 Å². The van der Waals surface area contributed by atoms with Gasteiger partial charge in [-0.1, -0.05) is 0 Å². The van der Waals surface area contributed by atoms with Crippen LogP contribution in [-0.2, 0) is 9.47 Å². The summed E-state index contributed by atoms with van der Waals surface area (Å²) in [5.41, 5.74) is 4.08. The van der Waals surface area contributed by atoms with Gasteiger partial charge in [0, 0.05) is 24.4 Å². The van der Waals surface area contributed by atoms with Crippen molar-refractivity contribution < 1.29 is 41.3 Å². The van der Waals surface area contributed by atoms with Gasteiger partial charge in [-0.2, -0.15) is 0 Å². The van der Waals surface area contributed by atoms with Crippen molar-refractivity contribution in [1.82, 2.24) is 14.5 Å². The van der Waals surface area contributed by atoms with Crippen LogP contribution >= 0.6 is 0 Å². The number of pyridine rings is 1. The summed E-state index contributed by atoms with van der Waals surface area (Å²) in [7, 11) is 2.66. The number of benzene rings is 1. The average molecular weight is 525 g/mol. The number of fused-ring (bicyclic) bond motifs is 1. The molecular weight excluding hydrogens is 498 g/mol. The number of aromatic nitrogens is 2. The molecule has 0 unspecified atom stereocenters. The first-order chi connectivity index (χ1) is 17.6. The van der Waals surface area contributed by atoms with Crippen LogP contribution < -0.4 is 9.47 Å². The lowest BCUT2D eigenvalue weighted by molar-refractivity contribution is -0.274. The molecule has 1 aliphatic heterocycles. The summed E-state index contributed by atoms with van der Waals surface area (Å²) < 4.78 is 72.8. The van der Waals surface area contributed by atoms with Crippen molar-refractivity contribution in [2.75, 3.05) is 40.6 Å². The molecule has 4 rings (SSSR count). The largest absolute Gasteiger partial charge is 0.573 e. The van der Waals surface area contributed by atoms with E-state index in [0.29, 0.717) is 23.3 Å². The van der Waals surface area contributed by atoms with Crippen molar-refractivity contribution >= 4 is 17.1 Å². The second kappa shape index (κ2) is 10.4. The van der Waals surface area contributed by atoms with Crippen LogP contribution in [0.15, 0.2) is 30.5 Å². The second-order valence-corrected chi connectivity index (χ2v) is 8.69. The zero-order chi connectivity index (χ0) is 26.9. The minimum absolute atomic E-state index is 0.0936. The number of methoxy groups -OCH3 is 2. The van der Waals surface area contributed by atoms with Crippen molar-refractivity contribution in [3.05, 3.63) is 41.6 Å². The number of halogens is 4. The number of hydrogen-bond donors (Lipinski definition) is 0. The summed E-state index contributed by atoms with van der Waals surface area (Å²) in [6.45, 7) is 3.54. The lowest BCUT2D eigenvalue weighted by Crippen LogP contribution is -2.30. The summed E-state index contributed by atoms with van der Waals surface area (Å²) in [5.74, 6) is -0.220. The first-order valence-electron chi connectivity index (χ1n) is 11.5. The van der Waals surface area contributed by atoms with Crippen LogP contribution in [0.4, 0.5) is 22.4 Å². The van der Waals surface area contributed by atoms with Gasteiger partial charge in [0.2, 0.25) is 0 Å². The fourth-order valence-electron chi connectivity index (χ4n) is 4.70. The number of hydrogen-bond acceptors (Lipinski definition) is 6. The number of likely N-dealkylation sites (tertiary alicyclic amines) is 1. The fourth-order valence-corrected chi connectivity index (χ4v) is 4.70. The minimum Gasteiger partial charge on any atom is -0.496 e. The van der Waals surface area contributed by atoms with E-state index in [-0.39, 0.29) is 24.9 Å². The van der Waals surface area contributed by atoms with Gasteiger partial charge in [0.05, 0.1) is 56.2 Å². The SMILES string of the molecule is COC(=O)N1C[C@H](OCCF)[C@H](n2cc(C)c3nc(-c4ccc(OC(F)(F)F)cc4OC)c(C)cc32)C1. The highest BCUT2D eigenvalue weighted by atomic mass is 19.4. The molecule has 0 saturated carbocycles. The van der Waals surface area contributed by atoms with E-state index in [2.05, 4.69) is 4.74 Å². The van der Waals surface area contributed by atoms with Crippen molar-refractivity contribution in [2.45, 2.75) is 32.4 Å². The van der Waals surface area contributed by atoms with Crippen LogP contribution in [0.5, 0.6) is 11.5 Å². The van der Waals surface area contributed by atoms with Gasteiger partial charge in [-0.15, -0.1) is 13.2 Å². The molecule has 0 aliphatic carbocycles. The molecule has 1 aliphatic rings. The van der Waals surface area contributed by atoms with Gasteiger partial charge < -0.3 is 28.4 Å². The number of carbonyl (C=O) groups is 1. The third-order valence-corrected chi connectivity index (χ3v) is 6.28. The Kier molecular flexibility index (Phi) is 7.49. The summed E-state index contributed by atoms with van der Waals surface area (Å²) in [4.78, 5) is 18.5. The van der Waals surface area contributed by atoms with Crippen LogP contribution in [0, 0.1) is 13.8 Å². The molecule has 8 nitrogen and oxygen atoms in total. The lowest BCUT2D eigenvalue weighted by Gasteiger charge is -2.21. The van der Waals surface area contributed by atoms with E-state index >= 15 is 0 Å². The molecule has 0 bridgehead atoms. The summed E-state index contributed by atoms with van der Waals surface area (Å²) in [5, 5.41) is 0. The van der Waals surface area contributed by atoms with Gasteiger partial charge in [0.25, 0.3) is 0 Å². The van der Waals surface area contributed by atoms with Gasteiger partial charge in [0.1, 0.15) is 18.2 Å². The minimum atomic E-state index is -4.82. The Balaban J connectivity index is 1.75. The number of carbonyl (C=O) groups excluding carboxylic acids is 1. The molecule has 3 aromatic rings. The predicted octanol–water partition coefficient (Wildman–Crippen LogP) is 5.21. The van der Waals surface area contributed by atoms with Crippen LogP contribution in [0.1, 0.15) is 17.2 Å². The third kappa shape index (κ3) is 5.43. The standard InChI is InChI=1S/C25H27F4N3O5/c1-14-9-18-23(30-22(14)17-6-5-16(10-20(17)34-3)37-25(27,28)29)15(2)11-32(18)19-12-31(24(33)35-4)13-21(19)36-8-7-26/h5-6,9-11,19,21H,7-8,12-13H2,1-4H3/t19-,21+/m1/s1. The maximum atomic E-state index is 12.9. The number of ether oxygens (including phenoxy) is 4. The maximum Gasteiger partial charge on any atom is 0.573 e. The summed E-state index contributed by atoms with van der Waals surface area (Å²) >= 11 is 0. The maximum absolute atomic E-state index is 12.9. The zero-order valence-corrected chi connectivity index (χ0v) is 20.8. The van der Waals surface area contributed by atoms with Crippen molar-refractivity contribution in [2.24, 2.45) is 0 Å². The number of alkyl halides is 4. The third-order valence-electron chi connectivity index (χ3n) is 6.28. The first-order valence-corrected chi connectivity index (χ1v) is 11.5. The Morgan fingerprint density at radius 3 is 2.54 bits per heavy atom. The molecule has 0 radical (unpaired) electrons. The number of rotatable bonds is 7. The Morgan fingerprint density at radius 2 is 1.89 bits per heavy atom. The molecular formula is C25H27F4N3O5. The van der Waals surface area contributed by atoms with E-state index in [1.165, 1.54) is 37.3 Å². The van der Waals surface area contributed by atoms with E-state index in [1.807, 2.05) is 30.7 Å². The lowest BCUT2D eigenvalue weighted by atomic mass is 10.0. The molecule has 2 aromatic heterocycles. The average Bonchev–Trinajstić information content (AvgIpc) is 3.41. The molecule has 200 valence electrons. The van der Waals surface area contributed by atoms with E-state index in [4.69, 9.17) is 19.2 Å².